The molecule has 0 aromatic heterocycles. The molecule has 1 rings (SSSR count). The van der Waals surface area contributed by atoms with E-state index in [4.69, 9.17) is 16.3 Å². The minimum Gasteiger partial charge on any atom is -0.496 e. The van der Waals surface area contributed by atoms with Gasteiger partial charge < -0.3 is 10.5 Å². The zero-order chi connectivity index (χ0) is 13.9. The summed E-state index contributed by atoms with van der Waals surface area (Å²) in [4.78, 5) is 11.6. The van der Waals surface area contributed by atoms with Crippen LogP contribution in [0.15, 0.2) is 12.1 Å². The summed E-state index contributed by atoms with van der Waals surface area (Å²) in [6, 6.07) is 3.33. The lowest BCUT2D eigenvalue weighted by Gasteiger charge is -2.18. The zero-order valence-corrected chi connectivity index (χ0v) is 11.4. The van der Waals surface area contributed by atoms with Crippen molar-refractivity contribution in [2.45, 2.75) is 26.3 Å². The van der Waals surface area contributed by atoms with E-state index < -0.39 is 6.04 Å². The SMILES string of the molecule is COc1cc(C)c(CC(N)C(=O)N(C)N)cc1C. The molecule has 18 heavy (non-hydrogen) atoms. The van der Waals surface area contributed by atoms with Gasteiger partial charge in [-0.3, -0.25) is 9.80 Å². The van der Waals surface area contributed by atoms with Crippen molar-refractivity contribution in [2.75, 3.05) is 14.2 Å². The topological polar surface area (TPSA) is 81.6 Å². The lowest BCUT2D eigenvalue weighted by molar-refractivity contribution is -0.131. The third-order valence-corrected chi connectivity index (χ3v) is 2.96. The van der Waals surface area contributed by atoms with Crippen LogP contribution in [0.3, 0.4) is 0 Å². The molecule has 1 unspecified atom stereocenters. The van der Waals surface area contributed by atoms with Gasteiger partial charge in [-0.1, -0.05) is 6.07 Å². The highest BCUT2D eigenvalue weighted by molar-refractivity contribution is 5.81. The maximum Gasteiger partial charge on any atom is 0.253 e. The Morgan fingerprint density at radius 2 is 2.00 bits per heavy atom. The van der Waals surface area contributed by atoms with Crippen LogP contribution in [0.25, 0.3) is 0 Å². The largest absolute Gasteiger partial charge is 0.496 e. The van der Waals surface area contributed by atoms with Crippen molar-refractivity contribution in [1.29, 1.82) is 0 Å². The summed E-state index contributed by atoms with van der Waals surface area (Å²) < 4.78 is 5.25. The summed E-state index contributed by atoms with van der Waals surface area (Å²) in [5.41, 5.74) is 8.96. The van der Waals surface area contributed by atoms with E-state index in [0.717, 1.165) is 27.4 Å². The number of benzene rings is 1. The normalized spacial score (nSPS) is 12.1. The van der Waals surface area contributed by atoms with E-state index in [1.807, 2.05) is 26.0 Å². The first-order valence-electron chi connectivity index (χ1n) is 5.78. The highest BCUT2D eigenvalue weighted by Gasteiger charge is 2.18. The number of nitrogens with zero attached hydrogens (tertiary/aromatic N) is 1. The number of aryl methyl sites for hydroxylation is 2. The van der Waals surface area contributed by atoms with Crippen LogP contribution >= 0.6 is 0 Å². The summed E-state index contributed by atoms with van der Waals surface area (Å²) in [6.07, 6.45) is 0.469. The van der Waals surface area contributed by atoms with Crippen molar-refractivity contribution in [2.24, 2.45) is 11.6 Å². The van der Waals surface area contributed by atoms with Gasteiger partial charge in [0.05, 0.1) is 13.2 Å². The van der Waals surface area contributed by atoms with Crippen LogP contribution in [0, 0.1) is 13.8 Å². The molecule has 0 saturated carbocycles. The van der Waals surface area contributed by atoms with Crippen LogP contribution in [-0.4, -0.2) is 31.1 Å². The van der Waals surface area contributed by atoms with Crippen molar-refractivity contribution < 1.29 is 9.53 Å². The van der Waals surface area contributed by atoms with Gasteiger partial charge in [-0.05, 0) is 43.0 Å². The van der Waals surface area contributed by atoms with E-state index in [2.05, 4.69) is 0 Å². The third kappa shape index (κ3) is 3.21. The molecular formula is C13H21N3O2. The number of amides is 1. The molecule has 0 saturated heterocycles. The highest BCUT2D eigenvalue weighted by Crippen LogP contribution is 2.23. The fourth-order valence-corrected chi connectivity index (χ4v) is 1.88. The Morgan fingerprint density at radius 3 is 2.50 bits per heavy atom. The molecule has 0 spiro atoms. The van der Waals surface area contributed by atoms with Crippen LogP contribution in [-0.2, 0) is 11.2 Å². The molecule has 5 nitrogen and oxygen atoms in total. The van der Waals surface area contributed by atoms with Crippen molar-refractivity contribution in [3.8, 4) is 5.75 Å². The summed E-state index contributed by atoms with van der Waals surface area (Å²) in [5.74, 6) is 5.95. The van der Waals surface area contributed by atoms with Gasteiger partial charge in [0.25, 0.3) is 5.91 Å². The van der Waals surface area contributed by atoms with Crippen LogP contribution in [0.4, 0.5) is 0 Å². The molecule has 1 amide bonds. The average molecular weight is 251 g/mol. The smallest absolute Gasteiger partial charge is 0.253 e. The summed E-state index contributed by atoms with van der Waals surface area (Å²) in [6.45, 7) is 3.94. The molecule has 0 heterocycles. The monoisotopic (exact) mass is 251 g/mol. The molecule has 4 N–H and O–H groups in total. The second-order valence-electron chi connectivity index (χ2n) is 4.51. The summed E-state index contributed by atoms with van der Waals surface area (Å²) >= 11 is 0. The van der Waals surface area contributed by atoms with E-state index >= 15 is 0 Å². The number of carbonyl (C=O) groups excluding carboxylic acids is 1. The number of likely N-dealkylation sites (N-methyl/N-ethyl adjacent to an activating group) is 1. The quantitative estimate of drug-likeness (QED) is 0.464. The average Bonchev–Trinajstić information content (AvgIpc) is 2.32. The Kier molecular flexibility index (Phi) is 4.69. The van der Waals surface area contributed by atoms with Crippen molar-refractivity contribution in [3.63, 3.8) is 0 Å². The van der Waals surface area contributed by atoms with E-state index in [0.29, 0.717) is 6.42 Å². The summed E-state index contributed by atoms with van der Waals surface area (Å²) in [7, 11) is 3.13. The first-order chi connectivity index (χ1) is 8.36. The number of methoxy groups -OCH3 is 1. The Labute approximate surface area is 108 Å². The Balaban J connectivity index is 2.92. The lowest BCUT2D eigenvalue weighted by Crippen LogP contribution is -2.46. The molecule has 5 heteroatoms. The molecule has 1 atom stereocenters. The Morgan fingerprint density at radius 1 is 1.39 bits per heavy atom. The van der Waals surface area contributed by atoms with Gasteiger partial charge in [0.15, 0.2) is 0 Å². The minimum atomic E-state index is -0.619. The zero-order valence-electron chi connectivity index (χ0n) is 11.4. The fraction of sp³-hybridized carbons (Fsp3) is 0.462. The molecule has 0 aliphatic heterocycles. The lowest BCUT2D eigenvalue weighted by atomic mass is 9.98. The molecule has 0 aliphatic carbocycles. The molecule has 0 fully saturated rings. The standard InChI is InChI=1S/C13H21N3O2/c1-8-6-12(18-4)9(2)5-10(8)7-11(14)13(17)16(3)15/h5-6,11H,7,14-15H2,1-4H3. The predicted octanol–water partition coefficient (Wildman–Crippen LogP) is 0.514. The van der Waals surface area contributed by atoms with Crippen LogP contribution < -0.4 is 16.3 Å². The van der Waals surface area contributed by atoms with Crippen LogP contribution in [0.2, 0.25) is 0 Å². The maximum absolute atomic E-state index is 11.6. The number of ether oxygens (including phenoxy) is 1. The first-order valence-corrected chi connectivity index (χ1v) is 5.78. The number of nitrogens with two attached hydrogens (primary N) is 2. The van der Waals surface area contributed by atoms with E-state index in [9.17, 15) is 4.79 Å². The second kappa shape index (κ2) is 5.84. The molecule has 1 aromatic rings. The fourth-order valence-electron chi connectivity index (χ4n) is 1.88. The molecular weight excluding hydrogens is 230 g/mol. The van der Waals surface area contributed by atoms with Crippen molar-refractivity contribution in [3.05, 3.63) is 28.8 Å². The number of carbonyl (C=O) groups is 1. The van der Waals surface area contributed by atoms with Gasteiger partial charge in [-0.15, -0.1) is 0 Å². The predicted molar refractivity (Wildman–Crippen MR) is 71.1 cm³/mol. The Hall–Kier alpha value is -1.59. The van der Waals surface area contributed by atoms with Crippen molar-refractivity contribution >= 4 is 5.91 Å². The molecule has 100 valence electrons. The number of rotatable bonds is 4. The Bertz CT molecular complexity index is 444. The van der Waals surface area contributed by atoms with Gasteiger partial charge in [0, 0.05) is 7.05 Å². The van der Waals surface area contributed by atoms with E-state index in [-0.39, 0.29) is 5.91 Å². The molecule has 1 aromatic carbocycles. The molecule has 0 radical (unpaired) electrons. The summed E-state index contributed by atoms with van der Waals surface area (Å²) in [5, 5.41) is 1.02. The van der Waals surface area contributed by atoms with Gasteiger partial charge >= 0.3 is 0 Å². The maximum atomic E-state index is 11.6. The van der Waals surface area contributed by atoms with Gasteiger partial charge in [-0.2, -0.15) is 0 Å². The van der Waals surface area contributed by atoms with Crippen LogP contribution in [0.1, 0.15) is 16.7 Å². The van der Waals surface area contributed by atoms with Gasteiger partial charge in [-0.25, -0.2) is 5.84 Å². The number of hydrazine groups is 1. The van der Waals surface area contributed by atoms with Gasteiger partial charge in [0.2, 0.25) is 0 Å². The minimum absolute atomic E-state index is 0.275. The molecule has 0 bridgehead atoms. The van der Waals surface area contributed by atoms with E-state index in [1.54, 1.807) is 7.11 Å². The van der Waals surface area contributed by atoms with Gasteiger partial charge in [0.1, 0.15) is 5.75 Å². The highest BCUT2D eigenvalue weighted by atomic mass is 16.5. The second-order valence-corrected chi connectivity index (χ2v) is 4.51. The van der Waals surface area contributed by atoms with Crippen molar-refractivity contribution in [1.82, 2.24) is 5.01 Å². The van der Waals surface area contributed by atoms with E-state index in [1.165, 1.54) is 7.05 Å². The molecule has 0 aliphatic rings. The first kappa shape index (κ1) is 14.5. The van der Waals surface area contributed by atoms with Crippen LogP contribution in [0.5, 0.6) is 5.75 Å². The number of hydrogen-bond acceptors (Lipinski definition) is 4. The number of hydrogen-bond donors (Lipinski definition) is 2. The third-order valence-electron chi connectivity index (χ3n) is 2.96.